The molecule has 2 aromatic heterocycles. The molecule has 0 aliphatic carbocycles. The molecular weight excluding hydrogens is 388 g/mol. The van der Waals surface area contributed by atoms with Crippen molar-refractivity contribution in [2.75, 3.05) is 45.3 Å². The Balaban J connectivity index is 1.34. The smallest absolute Gasteiger partial charge is 0.317 e. The Labute approximate surface area is 173 Å². The van der Waals surface area contributed by atoms with Gasteiger partial charge in [0.25, 0.3) is 0 Å². The lowest BCUT2D eigenvalue weighted by atomic mass is 10.2. The number of anilines is 1. The molecule has 0 bridgehead atoms. The van der Waals surface area contributed by atoms with Gasteiger partial charge >= 0.3 is 6.03 Å². The van der Waals surface area contributed by atoms with E-state index in [0.29, 0.717) is 55.4 Å². The summed E-state index contributed by atoms with van der Waals surface area (Å²) < 4.78 is 12.2. The monoisotopic (exact) mass is 412 g/mol. The minimum Gasteiger partial charge on any atom is -0.493 e. The average Bonchev–Trinajstić information content (AvgIpc) is 3.18. The first kappa shape index (κ1) is 19.7. The van der Waals surface area contributed by atoms with Gasteiger partial charge in [-0.3, -0.25) is 0 Å². The molecule has 0 saturated carbocycles. The Hall–Kier alpha value is -3.63. The highest BCUT2D eigenvalue weighted by Crippen LogP contribution is 2.27. The van der Waals surface area contributed by atoms with E-state index in [-0.39, 0.29) is 6.03 Å². The van der Waals surface area contributed by atoms with Crippen LogP contribution < -0.4 is 19.7 Å². The summed E-state index contributed by atoms with van der Waals surface area (Å²) in [5.74, 6) is 2.04. The number of benzene rings is 1. The first-order valence-corrected chi connectivity index (χ1v) is 9.59. The van der Waals surface area contributed by atoms with Gasteiger partial charge in [-0.2, -0.15) is 0 Å². The van der Waals surface area contributed by atoms with Crippen LogP contribution in [0.1, 0.15) is 5.56 Å². The minimum atomic E-state index is -0.100. The van der Waals surface area contributed by atoms with Crippen molar-refractivity contribution in [2.45, 2.75) is 6.54 Å². The third-order valence-corrected chi connectivity index (χ3v) is 5.13. The van der Waals surface area contributed by atoms with Crippen molar-refractivity contribution in [3.8, 4) is 11.5 Å². The number of rotatable bonds is 5. The van der Waals surface area contributed by atoms with Crippen LogP contribution in [0.3, 0.4) is 0 Å². The average molecular weight is 412 g/mol. The van der Waals surface area contributed by atoms with E-state index < -0.39 is 0 Å². The highest BCUT2D eigenvalue weighted by molar-refractivity contribution is 5.82. The Morgan fingerprint density at radius 1 is 1.10 bits per heavy atom. The van der Waals surface area contributed by atoms with E-state index in [4.69, 9.17) is 9.47 Å². The van der Waals surface area contributed by atoms with Crippen molar-refractivity contribution in [1.82, 2.24) is 35.2 Å². The van der Waals surface area contributed by atoms with E-state index in [1.54, 1.807) is 30.8 Å². The van der Waals surface area contributed by atoms with Crippen LogP contribution in [-0.4, -0.2) is 76.3 Å². The van der Waals surface area contributed by atoms with Crippen LogP contribution in [0.5, 0.6) is 11.5 Å². The quantitative estimate of drug-likeness (QED) is 0.655. The lowest BCUT2D eigenvalue weighted by Crippen LogP contribution is -2.52. The van der Waals surface area contributed by atoms with Crippen LogP contribution in [0.2, 0.25) is 0 Å². The summed E-state index contributed by atoms with van der Waals surface area (Å²) in [7, 11) is 4.98. The first-order valence-electron chi connectivity index (χ1n) is 9.59. The lowest BCUT2D eigenvalue weighted by molar-refractivity contribution is 0.194. The third-order valence-electron chi connectivity index (χ3n) is 5.13. The number of nitrogens with one attached hydrogen (secondary N) is 1. The van der Waals surface area contributed by atoms with Gasteiger partial charge in [-0.15, -0.1) is 5.10 Å². The molecule has 1 fully saturated rings. The SMILES string of the molecule is COc1ccc(CNC(=O)N2CCN(c3ncnc4c3nnn4C)CC2)cc1OC. The van der Waals surface area contributed by atoms with Crippen LogP contribution >= 0.6 is 0 Å². The van der Waals surface area contributed by atoms with Crippen molar-refractivity contribution in [2.24, 2.45) is 7.05 Å². The summed E-state index contributed by atoms with van der Waals surface area (Å²) in [5, 5.41) is 11.2. The molecule has 0 radical (unpaired) electrons. The molecule has 1 saturated heterocycles. The van der Waals surface area contributed by atoms with E-state index in [2.05, 4.69) is 30.5 Å². The normalized spacial score (nSPS) is 14.1. The number of ether oxygens (including phenoxy) is 2. The van der Waals surface area contributed by atoms with Gasteiger partial charge in [-0.25, -0.2) is 19.4 Å². The Kier molecular flexibility index (Phi) is 5.50. The number of carbonyl (C=O) groups is 1. The number of carbonyl (C=O) groups excluding carboxylic acids is 1. The number of fused-ring (bicyclic) bond motifs is 1. The summed E-state index contributed by atoms with van der Waals surface area (Å²) in [4.78, 5) is 25.1. The molecule has 2 amide bonds. The fourth-order valence-electron chi connectivity index (χ4n) is 3.47. The molecule has 158 valence electrons. The first-order chi connectivity index (χ1) is 14.6. The Morgan fingerprint density at radius 2 is 1.87 bits per heavy atom. The standard InChI is InChI=1S/C19H24N8O3/c1-25-17-16(23-24-25)18(22-12-21-17)26-6-8-27(9-7-26)19(28)20-11-13-4-5-14(29-2)15(10-13)30-3/h4-5,10,12H,6-9,11H2,1-3H3,(H,20,28). The molecule has 3 aromatic rings. The molecule has 1 N–H and O–H groups in total. The number of hydrogen-bond donors (Lipinski definition) is 1. The van der Waals surface area contributed by atoms with E-state index in [1.165, 1.54) is 6.33 Å². The zero-order valence-corrected chi connectivity index (χ0v) is 17.2. The van der Waals surface area contributed by atoms with Gasteiger partial charge in [0.1, 0.15) is 6.33 Å². The molecule has 0 spiro atoms. The molecule has 11 heteroatoms. The van der Waals surface area contributed by atoms with Gasteiger partial charge < -0.3 is 24.6 Å². The second kappa shape index (κ2) is 8.39. The molecule has 1 aromatic carbocycles. The summed E-state index contributed by atoms with van der Waals surface area (Å²) in [6.07, 6.45) is 1.52. The highest BCUT2D eigenvalue weighted by atomic mass is 16.5. The van der Waals surface area contributed by atoms with Crippen LogP contribution in [0.4, 0.5) is 10.6 Å². The number of amides is 2. The van der Waals surface area contributed by atoms with Crippen LogP contribution in [0.15, 0.2) is 24.5 Å². The third kappa shape index (κ3) is 3.78. The zero-order chi connectivity index (χ0) is 21.1. The second-order valence-electron chi connectivity index (χ2n) is 6.90. The molecule has 30 heavy (non-hydrogen) atoms. The highest BCUT2D eigenvalue weighted by Gasteiger charge is 2.24. The van der Waals surface area contributed by atoms with Crippen LogP contribution in [0, 0.1) is 0 Å². The lowest BCUT2D eigenvalue weighted by Gasteiger charge is -2.35. The predicted molar refractivity (Wildman–Crippen MR) is 110 cm³/mol. The van der Waals surface area contributed by atoms with Gasteiger partial charge in [0, 0.05) is 39.8 Å². The summed E-state index contributed by atoms with van der Waals surface area (Å²) in [6.45, 7) is 2.90. The maximum absolute atomic E-state index is 12.6. The molecule has 0 unspecified atom stereocenters. The Bertz CT molecular complexity index is 1050. The number of piperazine rings is 1. The number of nitrogens with zero attached hydrogens (tertiary/aromatic N) is 7. The van der Waals surface area contributed by atoms with Crippen molar-refractivity contribution in [1.29, 1.82) is 0 Å². The van der Waals surface area contributed by atoms with Gasteiger partial charge in [0.05, 0.1) is 14.2 Å². The number of aryl methyl sites for hydroxylation is 1. The number of methoxy groups -OCH3 is 2. The summed E-state index contributed by atoms with van der Waals surface area (Å²) >= 11 is 0. The topological polar surface area (TPSA) is 111 Å². The van der Waals surface area contributed by atoms with Crippen LogP contribution in [-0.2, 0) is 13.6 Å². The molecule has 0 atom stereocenters. The number of urea groups is 1. The van der Waals surface area contributed by atoms with E-state index >= 15 is 0 Å². The van der Waals surface area contributed by atoms with E-state index in [0.717, 1.165) is 11.4 Å². The fraction of sp³-hybridized carbons (Fsp3) is 0.421. The van der Waals surface area contributed by atoms with Crippen molar-refractivity contribution >= 4 is 23.0 Å². The zero-order valence-electron chi connectivity index (χ0n) is 17.2. The van der Waals surface area contributed by atoms with E-state index in [1.807, 2.05) is 18.2 Å². The summed E-state index contributed by atoms with van der Waals surface area (Å²) in [6, 6.07) is 5.49. The molecule has 1 aliphatic rings. The molecule has 1 aliphatic heterocycles. The van der Waals surface area contributed by atoms with Gasteiger partial charge in [-0.05, 0) is 17.7 Å². The molecule has 3 heterocycles. The number of aromatic nitrogens is 5. The Morgan fingerprint density at radius 3 is 2.60 bits per heavy atom. The van der Waals surface area contributed by atoms with Gasteiger partial charge in [-0.1, -0.05) is 11.3 Å². The largest absolute Gasteiger partial charge is 0.493 e. The van der Waals surface area contributed by atoms with Gasteiger partial charge in [0.2, 0.25) is 0 Å². The van der Waals surface area contributed by atoms with Crippen molar-refractivity contribution in [3.05, 3.63) is 30.1 Å². The minimum absolute atomic E-state index is 0.100. The second-order valence-corrected chi connectivity index (χ2v) is 6.90. The molecular formula is C19H24N8O3. The predicted octanol–water partition coefficient (Wildman–Crippen LogP) is 0.807. The van der Waals surface area contributed by atoms with E-state index in [9.17, 15) is 4.79 Å². The fourth-order valence-corrected chi connectivity index (χ4v) is 3.47. The summed E-state index contributed by atoms with van der Waals surface area (Å²) in [5.41, 5.74) is 2.30. The van der Waals surface area contributed by atoms with Crippen molar-refractivity contribution in [3.63, 3.8) is 0 Å². The maximum Gasteiger partial charge on any atom is 0.317 e. The molecule has 11 nitrogen and oxygen atoms in total. The van der Waals surface area contributed by atoms with Gasteiger partial charge in [0.15, 0.2) is 28.5 Å². The number of hydrogen-bond acceptors (Lipinski definition) is 8. The molecule has 4 rings (SSSR count). The van der Waals surface area contributed by atoms with Crippen LogP contribution in [0.25, 0.3) is 11.2 Å². The maximum atomic E-state index is 12.6. The van der Waals surface area contributed by atoms with Crippen molar-refractivity contribution < 1.29 is 14.3 Å².